The van der Waals surface area contributed by atoms with E-state index in [1.165, 1.54) is 28.3 Å². The number of hydrogen-bond acceptors (Lipinski definition) is 1. The van der Waals surface area contributed by atoms with Crippen LogP contribution < -0.4 is 24.8 Å². The summed E-state index contributed by atoms with van der Waals surface area (Å²) in [5.74, 6) is -0.270. The van der Waals surface area contributed by atoms with E-state index < -0.39 is 0 Å². The van der Waals surface area contributed by atoms with Crippen LogP contribution in [0.25, 0.3) is 27.6 Å². The average molecular weight is 494 g/mol. The molecule has 1 saturated carbocycles. The topological polar surface area (TPSA) is 40.9 Å². The normalized spacial score (nSPS) is 11.9. The summed E-state index contributed by atoms with van der Waals surface area (Å²) < 4.78 is 0. The van der Waals surface area contributed by atoms with Gasteiger partial charge in [0, 0.05) is 16.9 Å². The molecule has 0 unspecified atom stereocenters. The zero-order chi connectivity index (χ0) is 16.8. The third-order valence-electron chi connectivity index (χ3n) is 4.74. The van der Waals surface area contributed by atoms with Gasteiger partial charge in [0.05, 0.1) is 5.91 Å². The van der Waals surface area contributed by atoms with Crippen LogP contribution in [0.15, 0.2) is 66.7 Å². The summed E-state index contributed by atoms with van der Waals surface area (Å²) in [5.41, 5.74) is 9.45. The molecule has 0 bridgehead atoms. The molecule has 1 aliphatic rings. The Bertz CT molecular complexity index is 805. The first kappa shape index (κ1) is 36.4. The van der Waals surface area contributed by atoms with Gasteiger partial charge in [0.15, 0.2) is 0 Å². The van der Waals surface area contributed by atoms with Gasteiger partial charge in [-0.15, -0.1) is 46.7 Å². The number of carbonyl (C=O) groups excluding carboxylic acids is 1. The van der Waals surface area contributed by atoms with Gasteiger partial charge in [0.25, 0.3) is 0 Å². The molecule has 2 nitrogen and oxygen atoms in total. The van der Waals surface area contributed by atoms with Crippen LogP contribution in [0.2, 0.25) is 0 Å². The van der Waals surface area contributed by atoms with Crippen LogP contribution in [0, 0.1) is 20.8 Å². The van der Waals surface area contributed by atoms with Crippen LogP contribution in [0.1, 0.15) is 32.1 Å². The van der Waals surface area contributed by atoms with Gasteiger partial charge in [-0.05, 0) is 12.8 Å². The molecule has 1 amide bonds. The van der Waals surface area contributed by atoms with Crippen molar-refractivity contribution < 1.29 is 51.3 Å². The molecule has 4 radical (unpaired) electrons. The number of nitrogens with one attached hydrogen (secondary N) is 1. The van der Waals surface area contributed by atoms with Gasteiger partial charge in [-0.3, -0.25) is 0 Å². The fraction of sp³-hybridized carbons (Fsp3) is 0.250. The molecule has 0 atom stereocenters. The van der Waals surface area contributed by atoms with Gasteiger partial charge in [-0.1, -0.05) is 61.2 Å². The summed E-state index contributed by atoms with van der Waals surface area (Å²) in [7, 11) is 0. The number of fused-ring (bicyclic) bond motifs is 1. The Morgan fingerprint density at radius 1 is 0.867 bits per heavy atom. The van der Waals surface area contributed by atoms with Crippen molar-refractivity contribution >= 4 is 27.6 Å². The summed E-state index contributed by atoms with van der Waals surface area (Å²) in [5, 5.41) is 2.65. The van der Waals surface area contributed by atoms with E-state index in [0.29, 0.717) is 0 Å². The monoisotopic (exact) mass is 493 g/mol. The number of rotatable bonds is 2. The zero-order valence-electron chi connectivity index (χ0n) is 17.6. The number of amides is 1. The van der Waals surface area contributed by atoms with Crippen LogP contribution in [-0.4, -0.2) is 16.9 Å². The largest absolute Gasteiger partial charge is 2.00 e. The van der Waals surface area contributed by atoms with Crippen LogP contribution in [0.3, 0.4) is 0 Å². The van der Waals surface area contributed by atoms with Crippen molar-refractivity contribution in [2.45, 2.75) is 32.1 Å². The van der Waals surface area contributed by atoms with Crippen molar-refractivity contribution in [3.05, 3.63) is 87.3 Å². The molecule has 162 valence electrons. The van der Waals surface area contributed by atoms with E-state index in [1.807, 2.05) is 0 Å². The van der Waals surface area contributed by atoms with E-state index in [9.17, 15) is 4.79 Å². The average Bonchev–Trinajstić information content (AvgIpc) is 3.08. The predicted molar refractivity (Wildman–Crippen MR) is 119 cm³/mol. The van der Waals surface area contributed by atoms with E-state index in [0.717, 1.165) is 25.7 Å². The van der Waals surface area contributed by atoms with Crippen molar-refractivity contribution in [2.24, 2.45) is 5.92 Å². The van der Waals surface area contributed by atoms with Gasteiger partial charge in [-0.2, -0.15) is 0 Å². The second-order valence-corrected chi connectivity index (χ2v) is 6.40. The molecule has 0 aliphatic heterocycles. The summed E-state index contributed by atoms with van der Waals surface area (Å²) >= 11 is 0. The van der Waals surface area contributed by atoms with Crippen molar-refractivity contribution in [2.75, 3.05) is 0 Å². The van der Waals surface area contributed by atoms with E-state index in [-0.39, 0.29) is 84.2 Å². The smallest absolute Gasteiger partial charge is 1.00 e. The molecule has 0 spiro atoms. The standard InChI is InChI=1S/C15H11.C7H13NO.2CH3.2ClH.Si.Ti/c1-2-6-12(7-3-1)15-11-10-13-8-4-5-9-14(13)15;8-7(9)6-4-2-1-3-5-6;;;;;;/h1-11H;6H,1-5H2,(H2,8,9);2*1H3;2*1H;;/q-1;;2*-1;;;;+2/p-3. The van der Waals surface area contributed by atoms with Gasteiger partial charge in [0.2, 0.25) is 0 Å². The molecule has 3 aromatic rings. The molecular weight excluding hydrogens is 465 g/mol. The zero-order valence-corrected chi connectivity index (χ0v) is 21.7. The molecule has 3 aromatic carbocycles. The molecule has 0 aromatic heterocycles. The predicted octanol–water partition coefficient (Wildman–Crippen LogP) is 0.896. The molecule has 1 aliphatic carbocycles. The van der Waals surface area contributed by atoms with E-state index in [2.05, 4.69) is 66.7 Å². The molecule has 6 heteroatoms. The van der Waals surface area contributed by atoms with Crippen LogP contribution in [0.5, 0.6) is 0 Å². The number of halogens is 2. The van der Waals surface area contributed by atoms with Crippen molar-refractivity contribution in [3.8, 4) is 11.1 Å². The number of hydrogen-bond donors (Lipinski definition) is 0. The number of benzene rings is 2. The minimum atomic E-state index is -0.352. The quantitative estimate of drug-likeness (QED) is 0.386. The number of carbonyl (C=O) groups is 1. The molecule has 4 rings (SSSR count). The van der Waals surface area contributed by atoms with Crippen LogP contribution in [0.4, 0.5) is 0 Å². The second kappa shape index (κ2) is 18.8. The van der Waals surface area contributed by atoms with E-state index in [1.54, 1.807) is 0 Å². The molecule has 0 saturated heterocycles. The maximum Gasteiger partial charge on any atom is 2.00 e. The van der Waals surface area contributed by atoms with Gasteiger partial charge in [0.1, 0.15) is 0 Å². The Hall–Kier alpha value is -0.969. The van der Waals surface area contributed by atoms with E-state index in [4.69, 9.17) is 5.73 Å². The first-order chi connectivity index (χ1) is 11.8. The van der Waals surface area contributed by atoms with Crippen molar-refractivity contribution in [1.82, 2.24) is 0 Å². The maximum atomic E-state index is 10.5. The van der Waals surface area contributed by atoms with Crippen molar-refractivity contribution in [3.63, 3.8) is 0 Å². The third-order valence-corrected chi connectivity index (χ3v) is 4.74. The Morgan fingerprint density at radius 3 is 1.93 bits per heavy atom. The van der Waals surface area contributed by atoms with E-state index >= 15 is 0 Å². The fourth-order valence-corrected chi connectivity index (χ4v) is 3.38. The van der Waals surface area contributed by atoms with Crippen LogP contribution >= 0.6 is 0 Å². The molecule has 30 heavy (non-hydrogen) atoms. The summed E-state index contributed by atoms with van der Waals surface area (Å²) in [6.07, 6.45) is 5.47. The van der Waals surface area contributed by atoms with Gasteiger partial charge < -0.3 is 50.2 Å². The minimum absolute atomic E-state index is 0. The molecule has 1 fully saturated rings. The Labute approximate surface area is 214 Å². The Kier molecular flexibility index (Phi) is 22.8. The summed E-state index contributed by atoms with van der Waals surface area (Å²) in [4.78, 5) is 10.5. The first-order valence-electron chi connectivity index (χ1n) is 8.71. The van der Waals surface area contributed by atoms with Gasteiger partial charge >= 0.3 is 21.7 Å². The van der Waals surface area contributed by atoms with Gasteiger partial charge in [-0.25, -0.2) is 0 Å². The fourth-order valence-electron chi connectivity index (χ4n) is 3.38. The summed E-state index contributed by atoms with van der Waals surface area (Å²) in [6.45, 7) is 0. The molecule has 1 N–H and O–H groups in total. The minimum Gasteiger partial charge on any atom is -1.00 e. The molecule has 0 heterocycles. The van der Waals surface area contributed by atoms with Crippen molar-refractivity contribution in [1.29, 1.82) is 0 Å². The van der Waals surface area contributed by atoms with Crippen LogP contribution in [-0.2, 0) is 26.5 Å². The maximum absolute atomic E-state index is 10.5. The second-order valence-electron chi connectivity index (χ2n) is 6.40. The SMILES string of the molecule is [CH3-].[CH3-].[Cl-].[Cl-].[NH-]C(=O)C1CCCCC1.[Si].[Ti+2].c1ccc(-c2c[cH-]c3ccccc23)cc1. The Balaban J connectivity index is -0.000000203. The first-order valence-corrected chi connectivity index (χ1v) is 8.71. The Morgan fingerprint density at radius 2 is 1.40 bits per heavy atom. The molecular formula is C24H29Cl2NOSiTi-4. The summed E-state index contributed by atoms with van der Waals surface area (Å²) in [6, 6.07) is 23.4. The third kappa shape index (κ3) is 9.89.